The third-order valence-electron chi connectivity index (χ3n) is 3.51. The number of aromatic amines is 1. The Morgan fingerprint density at radius 2 is 1.96 bits per heavy atom. The summed E-state index contributed by atoms with van der Waals surface area (Å²) in [5.74, 6) is -0.741. The molecule has 1 atom stereocenters. The Morgan fingerprint density at radius 1 is 1.28 bits per heavy atom. The van der Waals surface area contributed by atoms with Crippen LogP contribution in [0.5, 0.6) is 0 Å². The maximum Gasteiger partial charge on any atom is 0.416 e. The quantitative estimate of drug-likeness (QED) is 0.824. The van der Waals surface area contributed by atoms with Crippen molar-refractivity contribution in [3.63, 3.8) is 0 Å². The van der Waals surface area contributed by atoms with E-state index in [1.165, 1.54) is 12.1 Å². The van der Waals surface area contributed by atoms with Gasteiger partial charge in [0.15, 0.2) is 5.82 Å². The number of aliphatic carboxylic acids is 1. The van der Waals surface area contributed by atoms with E-state index in [0.29, 0.717) is 30.7 Å². The highest BCUT2D eigenvalue weighted by molar-refractivity contribution is 5.70. The van der Waals surface area contributed by atoms with Crippen molar-refractivity contribution in [3.05, 3.63) is 41.2 Å². The molecular weight excluding hydrogens is 337 g/mol. The average Bonchev–Trinajstić information content (AvgIpc) is 3.07. The minimum Gasteiger partial charge on any atom is -0.481 e. The number of nitrogens with one attached hydrogen (secondary N) is 1. The highest BCUT2D eigenvalue weighted by Gasteiger charge is 2.32. The predicted octanol–water partition coefficient (Wildman–Crippen LogP) is 3.51. The van der Waals surface area contributed by atoms with Crippen LogP contribution >= 0.6 is 0 Å². The first-order valence-electron chi connectivity index (χ1n) is 7.89. The zero-order valence-electron chi connectivity index (χ0n) is 14.0. The summed E-state index contributed by atoms with van der Waals surface area (Å²) in [5, 5.41) is 21.9. The van der Waals surface area contributed by atoms with Gasteiger partial charge in [-0.3, -0.25) is 4.79 Å². The second kappa shape index (κ2) is 9.75. The van der Waals surface area contributed by atoms with Crippen LogP contribution in [0.1, 0.15) is 43.6 Å². The number of carbonyl (C=O) groups is 1. The Balaban J connectivity index is 0.000000251. The van der Waals surface area contributed by atoms with Crippen LogP contribution in [0.4, 0.5) is 13.2 Å². The molecule has 0 unspecified atom stereocenters. The Bertz CT molecular complexity index is 645. The number of hydrogen-bond donors (Lipinski definition) is 2. The first-order chi connectivity index (χ1) is 11.8. The molecule has 0 saturated carbocycles. The molecule has 6 nitrogen and oxygen atoms in total. The number of rotatable bonds is 6. The lowest BCUT2D eigenvalue weighted by atomic mass is 10.00. The zero-order chi connectivity index (χ0) is 18.9. The molecule has 25 heavy (non-hydrogen) atoms. The van der Waals surface area contributed by atoms with Crippen molar-refractivity contribution in [2.45, 2.75) is 45.7 Å². The van der Waals surface area contributed by atoms with E-state index in [9.17, 15) is 18.0 Å². The Morgan fingerprint density at radius 3 is 2.40 bits per heavy atom. The van der Waals surface area contributed by atoms with Crippen LogP contribution in [0.15, 0.2) is 24.3 Å². The number of alkyl halides is 3. The molecule has 0 aliphatic carbocycles. The van der Waals surface area contributed by atoms with Crippen molar-refractivity contribution >= 4 is 5.97 Å². The molecule has 2 rings (SSSR count). The normalized spacial score (nSPS) is 12.2. The van der Waals surface area contributed by atoms with Gasteiger partial charge in [0.05, 0.1) is 11.5 Å². The molecule has 1 heterocycles. The van der Waals surface area contributed by atoms with E-state index in [2.05, 4.69) is 20.6 Å². The van der Waals surface area contributed by atoms with E-state index in [4.69, 9.17) is 5.11 Å². The van der Waals surface area contributed by atoms with E-state index in [1.54, 1.807) is 13.0 Å². The third-order valence-corrected chi connectivity index (χ3v) is 3.51. The number of tetrazole rings is 1. The smallest absolute Gasteiger partial charge is 0.416 e. The summed E-state index contributed by atoms with van der Waals surface area (Å²) in [6.07, 6.45) is -1.97. The summed E-state index contributed by atoms with van der Waals surface area (Å²) < 4.78 is 36.7. The van der Waals surface area contributed by atoms with Crippen LogP contribution in [-0.2, 0) is 23.8 Å². The van der Waals surface area contributed by atoms with E-state index < -0.39 is 23.6 Å². The fourth-order valence-corrected chi connectivity index (χ4v) is 2.26. The molecule has 1 aromatic carbocycles. The molecule has 0 amide bonds. The summed E-state index contributed by atoms with van der Waals surface area (Å²) >= 11 is 0. The minimum atomic E-state index is -4.22. The molecule has 0 saturated heterocycles. The summed E-state index contributed by atoms with van der Waals surface area (Å²) in [5.41, 5.74) is -0.169. The van der Waals surface area contributed by atoms with E-state index in [-0.39, 0.29) is 0 Å². The average molecular weight is 358 g/mol. The highest BCUT2D eigenvalue weighted by atomic mass is 19.4. The number of aryl methyl sites for hydroxylation is 1. The molecule has 0 aliphatic rings. The van der Waals surface area contributed by atoms with Gasteiger partial charge >= 0.3 is 12.1 Å². The number of H-pyrrole nitrogens is 1. The summed E-state index contributed by atoms with van der Waals surface area (Å²) in [6.45, 7) is 3.66. The van der Waals surface area contributed by atoms with Crippen molar-refractivity contribution in [2.75, 3.05) is 0 Å². The summed E-state index contributed by atoms with van der Waals surface area (Å²) in [6, 6.07) is 5.64. The minimum absolute atomic E-state index is 0.347. The van der Waals surface area contributed by atoms with E-state index >= 15 is 0 Å². The molecule has 0 fully saturated rings. The summed E-state index contributed by atoms with van der Waals surface area (Å²) in [7, 11) is 0. The fourth-order valence-electron chi connectivity index (χ4n) is 2.26. The van der Waals surface area contributed by atoms with E-state index in [1.807, 2.05) is 6.92 Å². The van der Waals surface area contributed by atoms with Gasteiger partial charge in [-0.05, 0) is 24.5 Å². The molecule has 138 valence electrons. The van der Waals surface area contributed by atoms with Crippen molar-refractivity contribution in [1.82, 2.24) is 20.6 Å². The van der Waals surface area contributed by atoms with Crippen molar-refractivity contribution in [2.24, 2.45) is 5.92 Å². The maximum absolute atomic E-state index is 12.2. The van der Waals surface area contributed by atoms with Crippen LogP contribution in [0.3, 0.4) is 0 Å². The standard InChI is InChI=1S/C9H9F3.C7H12N4O2/c1-2-7-5-3-4-6-8(7)9(10,11)12;1-2-3-5(7(12)13)4-6-8-10-11-9-6/h3-6H,2H2,1H3;5H,2-4H2,1H3,(H,12,13)(H,8,9,10,11)/t;5-/m.0/s1. The SMILES string of the molecule is CCC[C@@H](Cc1nn[nH]n1)C(=O)O.CCc1ccccc1C(F)(F)F. The third kappa shape index (κ3) is 6.90. The van der Waals surface area contributed by atoms with Gasteiger partial charge in [-0.2, -0.15) is 18.4 Å². The number of nitrogens with zero attached hydrogens (tertiary/aromatic N) is 3. The van der Waals surface area contributed by atoms with Gasteiger partial charge in [0.1, 0.15) is 0 Å². The van der Waals surface area contributed by atoms with Gasteiger partial charge in [0, 0.05) is 6.42 Å². The molecule has 0 radical (unpaired) electrons. The van der Waals surface area contributed by atoms with Crippen LogP contribution in [0, 0.1) is 5.92 Å². The van der Waals surface area contributed by atoms with Gasteiger partial charge < -0.3 is 5.11 Å². The molecule has 2 N–H and O–H groups in total. The first kappa shape index (κ1) is 20.6. The largest absolute Gasteiger partial charge is 0.481 e. The monoisotopic (exact) mass is 358 g/mol. The number of carboxylic acid groups (broad SMARTS) is 1. The molecular formula is C16H21F3N4O2. The lowest BCUT2D eigenvalue weighted by Gasteiger charge is -2.10. The molecule has 0 aliphatic heterocycles. The van der Waals surface area contributed by atoms with Crippen molar-refractivity contribution in [1.29, 1.82) is 0 Å². The van der Waals surface area contributed by atoms with Gasteiger partial charge in [0.25, 0.3) is 0 Å². The van der Waals surface area contributed by atoms with Gasteiger partial charge in [-0.25, -0.2) is 0 Å². The van der Waals surface area contributed by atoms with Crippen LogP contribution < -0.4 is 0 Å². The number of carboxylic acids is 1. The van der Waals surface area contributed by atoms with Crippen molar-refractivity contribution < 1.29 is 23.1 Å². The summed E-state index contributed by atoms with van der Waals surface area (Å²) in [4.78, 5) is 10.7. The van der Waals surface area contributed by atoms with E-state index in [0.717, 1.165) is 12.5 Å². The van der Waals surface area contributed by atoms with Gasteiger partial charge in [0.2, 0.25) is 0 Å². The molecule has 0 bridgehead atoms. The van der Waals surface area contributed by atoms with Crippen LogP contribution in [-0.4, -0.2) is 31.7 Å². The van der Waals surface area contributed by atoms with Gasteiger partial charge in [-0.1, -0.05) is 43.7 Å². The zero-order valence-corrected chi connectivity index (χ0v) is 14.0. The predicted molar refractivity (Wildman–Crippen MR) is 84.7 cm³/mol. The highest BCUT2D eigenvalue weighted by Crippen LogP contribution is 2.31. The van der Waals surface area contributed by atoms with Gasteiger partial charge in [-0.15, -0.1) is 10.2 Å². The molecule has 9 heteroatoms. The number of halogens is 3. The Labute approximate surface area is 143 Å². The topological polar surface area (TPSA) is 91.8 Å². The second-order valence-electron chi connectivity index (χ2n) is 5.36. The molecule has 2 aromatic rings. The number of aromatic nitrogens is 4. The molecule has 1 aromatic heterocycles. The Hall–Kier alpha value is -2.45. The first-order valence-corrected chi connectivity index (χ1v) is 7.89. The maximum atomic E-state index is 12.2. The van der Waals surface area contributed by atoms with Crippen molar-refractivity contribution in [3.8, 4) is 0 Å². The second-order valence-corrected chi connectivity index (χ2v) is 5.36. The fraction of sp³-hybridized carbons (Fsp3) is 0.500. The number of benzene rings is 1. The number of hydrogen-bond acceptors (Lipinski definition) is 4. The lowest BCUT2D eigenvalue weighted by Crippen LogP contribution is -2.16. The lowest BCUT2D eigenvalue weighted by molar-refractivity contribution is -0.142. The Kier molecular flexibility index (Phi) is 8.03. The van der Waals surface area contributed by atoms with Crippen LogP contribution in [0.2, 0.25) is 0 Å². The molecule has 0 spiro atoms. The van der Waals surface area contributed by atoms with Crippen LogP contribution in [0.25, 0.3) is 0 Å².